The Morgan fingerprint density at radius 3 is 2.44 bits per heavy atom. The molecule has 0 fully saturated rings. The lowest BCUT2D eigenvalue weighted by molar-refractivity contribution is 0.263. The lowest BCUT2D eigenvalue weighted by Gasteiger charge is -2.24. The number of unbranched alkanes of at least 4 members (excludes halogenated alkanes) is 1. The molecule has 0 aromatic rings. The van der Waals surface area contributed by atoms with Crippen molar-refractivity contribution in [1.29, 1.82) is 5.26 Å². The van der Waals surface area contributed by atoms with Crippen LogP contribution in [0.1, 0.15) is 47.0 Å². The van der Waals surface area contributed by atoms with Gasteiger partial charge < -0.3 is 4.90 Å². The van der Waals surface area contributed by atoms with Crippen molar-refractivity contribution in [3.63, 3.8) is 0 Å². The summed E-state index contributed by atoms with van der Waals surface area (Å²) in [6.07, 6.45) is 3.20. The molecule has 0 aliphatic carbocycles. The monoisotopic (exact) mass is 225 g/mol. The van der Waals surface area contributed by atoms with Gasteiger partial charge in [0.05, 0.1) is 6.07 Å². The van der Waals surface area contributed by atoms with Gasteiger partial charge in [-0.15, -0.1) is 0 Å². The third-order valence-electron chi connectivity index (χ3n) is 3.13. The molecule has 0 aliphatic heterocycles. The highest BCUT2D eigenvalue weighted by Crippen LogP contribution is 2.13. The first-order valence-corrected chi connectivity index (χ1v) is 6.31. The molecule has 0 spiro atoms. The number of rotatable bonds is 8. The molecule has 0 aliphatic rings. The smallest absolute Gasteiger partial charge is 0.103 e. The van der Waals surface area contributed by atoms with Crippen LogP contribution in [0.3, 0.4) is 0 Å². The standard InChI is InChI=1S/C13H27N3/c1-6-15-13(4,11-14)9-7-8-10-16(5)12(2)3/h12,15H,6-10H2,1-5H3. The van der Waals surface area contributed by atoms with Crippen molar-refractivity contribution < 1.29 is 0 Å². The van der Waals surface area contributed by atoms with Gasteiger partial charge in [0.25, 0.3) is 0 Å². The number of nitrogens with zero attached hydrogens (tertiary/aromatic N) is 2. The minimum Gasteiger partial charge on any atom is -0.304 e. The highest BCUT2D eigenvalue weighted by molar-refractivity contribution is 5.03. The van der Waals surface area contributed by atoms with E-state index in [9.17, 15) is 0 Å². The predicted molar refractivity (Wildman–Crippen MR) is 69.3 cm³/mol. The molecule has 0 rings (SSSR count). The molecule has 0 heterocycles. The maximum atomic E-state index is 9.09. The Hall–Kier alpha value is -0.590. The molecule has 1 atom stereocenters. The zero-order valence-corrected chi connectivity index (χ0v) is 11.5. The second kappa shape index (κ2) is 7.65. The fraction of sp³-hybridized carbons (Fsp3) is 0.923. The van der Waals surface area contributed by atoms with Gasteiger partial charge in [0.2, 0.25) is 0 Å². The highest BCUT2D eigenvalue weighted by Gasteiger charge is 2.21. The van der Waals surface area contributed by atoms with Crippen LogP contribution in [0.2, 0.25) is 0 Å². The van der Waals surface area contributed by atoms with Crippen molar-refractivity contribution in [2.45, 2.75) is 58.5 Å². The fourth-order valence-electron chi connectivity index (χ4n) is 1.67. The van der Waals surface area contributed by atoms with Crippen LogP contribution >= 0.6 is 0 Å². The topological polar surface area (TPSA) is 39.1 Å². The molecule has 3 heteroatoms. The maximum absolute atomic E-state index is 9.09. The van der Waals surface area contributed by atoms with Crippen LogP contribution in [0.15, 0.2) is 0 Å². The largest absolute Gasteiger partial charge is 0.304 e. The number of nitrogens with one attached hydrogen (secondary N) is 1. The summed E-state index contributed by atoms with van der Waals surface area (Å²) in [7, 11) is 2.15. The van der Waals surface area contributed by atoms with Crippen LogP contribution in [0.5, 0.6) is 0 Å². The molecule has 0 saturated heterocycles. The van der Waals surface area contributed by atoms with Crippen molar-refractivity contribution >= 4 is 0 Å². The van der Waals surface area contributed by atoms with Crippen molar-refractivity contribution in [2.75, 3.05) is 20.1 Å². The first-order chi connectivity index (χ1) is 7.45. The quantitative estimate of drug-likeness (QED) is 0.645. The SMILES string of the molecule is CCNC(C)(C#N)CCCCN(C)C(C)C. The Morgan fingerprint density at radius 2 is 2.00 bits per heavy atom. The van der Waals surface area contributed by atoms with Crippen LogP contribution in [-0.4, -0.2) is 36.6 Å². The normalized spacial score (nSPS) is 15.1. The summed E-state index contributed by atoms with van der Waals surface area (Å²) in [4.78, 5) is 2.34. The first kappa shape index (κ1) is 15.4. The fourth-order valence-corrected chi connectivity index (χ4v) is 1.67. The summed E-state index contributed by atoms with van der Waals surface area (Å²) in [5, 5.41) is 12.3. The minimum atomic E-state index is -0.342. The van der Waals surface area contributed by atoms with Crippen LogP contribution in [0, 0.1) is 11.3 Å². The van der Waals surface area contributed by atoms with E-state index in [-0.39, 0.29) is 5.54 Å². The van der Waals surface area contributed by atoms with Crippen molar-refractivity contribution in [1.82, 2.24) is 10.2 Å². The molecular formula is C13H27N3. The van der Waals surface area contributed by atoms with E-state index in [0.29, 0.717) is 6.04 Å². The minimum absolute atomic E-state index is 0.342. The zero-order chi connectivity index (χ0) is 12.6. The van der Waals surface area contributed by atoms with Crippen molar-refractivity contribution in [3.05, 3.63) is 0 Å². The molecule has 0 saturated carbocycles. The van der Waals surface area contributed by atoms with E-state index in [1.807, 2.05) is 13.8 Å². The van der Waals surface area contributed by atoms with Crippen LogP contribution in [0.4, 0.5) is 0 Å². The van der Waals surface area contributed by atoms with Gasteiger partial charge in [0.15, 0.2) is 0 Å². The molecule has 1 N–H and O–H groups in total. The molecule has 0 amide bonds. The number of nitriles is 1. The van der Waals surface area contributed by atoms with E-state index in [1.54, 1.807) is 0 Å². The highest BCUT2D eigenvalue weighted by atomic mass is 15.1. The number of hydrogen-bond acceptors (Lipinski definition) is 3. The summed E-state index contributed by atoms with van der Waals surface area (Å²) < 4.78 is 0. The van der Waals surface area contributed by atoms with E-state index >= 15 is 0 Å². The van der Waals surface area contributed by atoms with E-state index in [2.05, 4.69) is 37.2 Å². The van der Waals surface area contributed by atoms with Gasteiger partial charge in [0.1, 0.15) is 5.54 Å². The Balaban J connectivity index is 3.76. The average molecular weight is 225 g/mol. The van der Waals surface area contributed by atoms with Crippen LogP contribution in [0.25, 0.3) is 0 Å². The van der Waals surface area contributed by atoms with Gasteiger partial charge in [0, 0.05) is 6.04 Å². The average Bonchev–Trinajstić information content (AvgIpc) is 2.24. The summed E-state index contributed by atoms with van der Waals surface area (Å²) in [5.41, 5.74) is -0.342. The first-order valence-electron chi connectivity index (χ1n) is 6.31. The van der Waals surface area contributed by atoms with E-state index in [4.69, 9.17) is 5.26 Å². The predicted octanol–water partition coefficient (Wildman–Crippen LogP) is 2.39. The van der Waals surface area contributed by atoms with Gasteiger partial charge in [-0.05, 0) is 60.2 Å². The van der Waals surface area contributed by atoms with Crippen molar-refractivity contribution in [2.24, 2.45) is 0 Å². The third kappa shape index (κ3) is 6.09. The maximum Gasteiger partial charge on any atom is 0.103 e. The van der Waals surface area contributed by atoms with Crippen molar-refractivity contribution in [3.8, 4) is 6.07 Å². The Bertz CT molecular complexity index is 220. The molecular weight excluding hydrogens is 198 g/mol. The molecule has 3 nitrogen and oxygen atoms in total. The summed E-state index contributed by atoms with van der Waals surface area (Å²) >= 11 is 0. The van der Waals surface area contributed by atoms with Crippen LogP contribution in [-0.2, 0) is 0 Å². The second-order valence-corrected chi connectivity index (χ2v) is 5.01. The van der Waals surface area contributed by atoms with Gasteiger partial charge in [-0.3, -0.25) is 5.32 Å². The molecule has 0 aromatic heterocycles. The second-order valence-electron chi connectivity index (χ2n) is 5.01. The van der Waals surface area contributed by atoms with E-state index in [1.165, 1.54) is 0 Å². The van der Waals surface area contributed by atoms with E-state index in [0.717, 1.165) is 32.4 Å². The van der Waals surface area contributed by atoms with E-state index < -0.39 is 0 Å². The molecule has 1 unspecified atom stereocenters. The number of hydrogen-bond donors (Lipinski definition) is 1. The summed E-state index contributed by atoms with van der Waals surface area (Å²) in [5.74, 6) is 0. The Morgan fingerprint density at radius 1 is 1.38 bits per heavy atom. The molecule has 0 aromatic carbocycles. The lowest BCUT2D eigenvalue weighted by atomic mass is 9.96. The lowest BCUT2D eigenvalue weighted by Crippen LogP contribution is -2.40. The Kier molecular flexibility index (Phi) is 7.36. The molecule has 94 valence electrons. The summed E-state index contributed by atoms with van der Waals surface area (Å²) in [6, 6.07) is 2.97. The van der Waals surface area contributed by atoms with Gasteiger partial charge in [-0.25, -0.2) is 0 Å². The molecule has 0 bridgehead atoms. The van der Waals surface area contributed by atoms with Gasteiger partial charge >= 0.3 is 0 Å². The molecule has 16 heavy (non-hydrogen) atoms. The van der Waals surface area contributed by atoms with Crippen LogP contribution < -0.4 is 5.32 Å². The molecule has 0 radical (unpaired) electrons. The summed E-state index contributed by atoms with van der Waals surface area (Å²) in [6.45, 7) is 10.4. The third-order valence-corrected chi connectivity index (χ3v) is 3.13. The van der Waals surface area contributed by atoms with Gasteiger partial charge in [-0.2, -0.15) is 5.26 Å². The van der Waals surface area contributed by atoms with Gasteiger partial charge in [-0.1, -0.05) is 6.92 Å². The Labute approximate surface area is 101 Å². The zero-order valence-electron chi connectivity index (χ0n) is 11.5.